The highest BCUT2D eigenvalue weighted by Crippen LogP contribution is 2.30. The summed E-state index contributed by atoms with van der Waals surface area (Å²) in [5.41, 5.74) is -1.42. The first kappa shape index (κ1) is 25.1. The molecule has 3 heterocycles. The Labute approximate surface area is 203 Å². The van der Waals surface area contributed by atoms with Crippen LogP contribution in [0.1, 0.15) is 39.8 Å². The zero-order valence-electron chi connectivity index (χ0n) is 19.5. The lowest BCUT2D eigenvalue weighted by Gasteiger charge is -2.44. The standard InChI is InChI=1S/C23H24F2N4O7/c1-12-5-6-34-17-10-28-9-15(21(31)27-8-13-3-4-14(24)7-16(13)25)19(30)20(18(28)22(32)29(12)17)35-11-36-23(33)26-2/h3-4,7,9,12,17H,5-6,8,10-11H2,1-2H3,(H,26,33)(H,27,31). The van der Waals surface area contributed by atoms with Gasteiger partial charge >= 0.3 is 6.09 Å². The van der Waals surface area contributed by atoms with Crippen LogP contribution in [0.3, 0.4) is 0 Å². The van der Waals surface area contributed by atoms with E-state index < -0.39 is 53.7 Å². The number of halogens is 2. The van der Waals surface area contributed by atoms with Crippen LogP contribution in [0.15, 0.2) is 29.2 Å². The third kappa shape index (κ3) is 4.87. The van der Waals surface area contributed by atoms with Gasteiger partial charge in [-0.1, -0.05) is 6.07 Å². The van der Waals surface area contributed by atoms with Crippen molar-refractivity contribution in [3.8, 4) is 5.75 Å². The van der Waals surface area contributed by atoms with Crippen LogP contribution < -0.4 is 20.8 Å². The van der Waals surface area contributed by atoms with Crippen molar-refractivity contribution in [2.75, 3.05) is 20.4 Å². The van der Waals surface area contributed by atoms with E-state index in [1.807, 2.05) is 6.92 Å². The van der Waals surface area contributed by atoms with Crippen molar-refractivity contribution in [1.29, 1.82) is 0 Å². The number of nitrogens with one attached hydrogen (secondary N) is 2. The minimum absolute atomic E-state index is 0.00803. The van der Waals surface area contributed by atoms with Crippen LogP contribution in [0.5, 0.6) is 5.75 Å². The minimum atomic E-state index is -0.920. The minimum Gasteiger partial charge on any atom is -0.451 e. The van der Waals surface area contributed by atoms with E-state index in [1.165, 1.54) is 28.8 Å². The Hall–Kier alpha value is -4.00. The Kier molecular flexibility index (Phi) is 7.20. The number of carbonyl (C=O) groups is 3. The summed E-state index contributed by atoms with van der Waals surface area (Å²) in [5.74, 6) is -3.51. The monoisotopic (exact) mass is 506 g/mol. The molecular formula is C23H24F2N4O7. The normalized spacial score (nSPS) is 18.7. The lowest BCUT2D eigenvalue weighted by molar-refractivity contribution is -0.112. The molecule has 0 radical (unpaired) electrons. The van der Waals surface area contributed by atoms with Gasteiger partial charge in [-0.2, -0.15) is 0 Å². The molecule has 4 rings (SSSR count). The maximum Gasteiger partial charge on any atom is 0.409 e. The highest BCUT2D eigenvalue weighted by atomic mass is 19.1. The Morgan fingerprint density at radius 2 is 2.03 bits per heavy atom. The fourth-order valence-electron chi connectivity index (χ4n) is 4.09. The summed E-state index contributed by atoms with van der Waals surface area (Å²) in [7, 11) is 1.33. The number of carbonyl (C=O) groups excluding carboxylic acids is 3. The number of nitrogens with zero attached hydrogens (tertiary/aromatic N) is 2. The first-order valence-corrected chi connectivity index (χ1v) is 11.1. The molecule has 2 aromatic rings. The van der Waals surface area contributed by atoms with Gasteiger partial charge in [0, 0.05) is 37.5 Å². The van der Waals surface area contributed by atoms with Crippen molar-refractivity contribution >= 4 is 17.9 Å². The van der Waals surface area contributed by atoms with Gasteiger partial charge in [0.15, 0.2) is 11.9 Å². The molecule has 1 fully saturated rings. The highest BCUT2D eigenvalue weighted by molar-refractivity contribution is 5.99. The maximum absolute atomic E-state index is 14.0. The van der Waals surface area contributed by atoms with Gasteiger partial charge in [-0.25, -0.2) is 13.6 Å². The third-order valence-electron chi connectivity index (χ3n) is 5.96. The molecule has 3 amide bonds. The van der Waals surface area contributed by atoms with E-state index in [9.17, 15) is 28.0 Å². The van der Waals surface area contributed by atoms with Gasteiger partial charge in [-0.15, -0.1) is 0 Å². The van der Waals surface area contributed by atoms with Crippen molar-refractivity contribution in [2.24, 2.45) is 0 Å². The molecule has 2 atom stereocenters. The van der Waals surface area contributed by atoms with Gasteiger partial charge in [0.25, 0.3) is 11.8 Å². The summed E-state index contributed by atoms with van der Waals surface area (Å²) in [6.07, 6.45) is 0.361. The number of aromatic nitrogens is 1. The average Bonchev–Trinajstić information content (AvgIpc) is 2.84. The number of hydrogen-bond donors (Lipinski definition) is 2. The van der Waals surface area contributed by atoms with Gasteiger partial charge in [0.2, 0.25) is 18.0 Å². The molecule has 1 aromatic heterocycles. The van der Waals surface area contributed by atoms with E-state index in [1.54, 1.807) is 0 Å². The van der Waals surface area contributed by atoms with E-state index in [0.29, 0.717) is 19.1 Å². The number of pyridine rings is 1. The molecule has 192 valence electrons. The molecule has 2 aliphatic rings. The van der Waals surface area contributed by atoms with Gasteiger partial charge in [-0.05, 0) is 19.4 Å². The van der Waals surface area contributed by atoms with E-state index in [4.69, 9.17) is 14.2 Å². The zero-order valence-corrected chi connectivity index (χ0v) is 19.5. The molecule has 11 nitrogen and oxygen atoms in total. The lowest BCUT2D eigenvalue weighted by atomic mass is 10.1. The second kappa shape index (κ2) is 10.3. The first-order chi connectivity index (χ1) is 17.2. The number of benzene rings is 1. The molecule has 2 N–H and O–H groups in total. The largest absolute Gasteiger partial charge is 0.451 e. The topological polar surface area (TPSA) is 128 Å². The quantitative estimate of drug-likeness (QED) is 0.566. The summed E-state index contributed by atoms with van der Waals surface area (Å²) in [4.78, 5) is 52.4. The Morgan fingerprint density at radius 3 is 2.75 bits per heavy atom. The van der Waals surface area contributed by atoms with Gasteiger partial charge in [0.1, 0.15) is 17.2 Å². The predicted molar refractivity (Wildman–Crippen MR) is 119 cm³/mol. The number of alkyl carbamates (subject to hydrolysis) is 1. The smallest absolute Gasteiger partial charge is 0.409 e. The van der Waals surface area contributed by atoms with Gasteiger partial charge in [0.05, 0.1) is 13.2 Å². The number of fused-ring (bicyclic) bond motifs is 2. The van der Waals surface area contributed by atoms with Crippen LogP contribution in [0.2, 0.25) is 0 Å². The summed E-state index contributed by atoms with van der Waals surface area (Å²) in [6.45, 7) is 1.39. The van der Waals surface area contributed by atoms with Crippen LogP contribution in [-0.4, -0.2) is 60.1 Å². The van der Waals surface area contributed by atoms with Crippen LogP contribution in [0, 0.1) is 11.6 Å². The number of hydrogen-bond acceptors (Lipinski definition) is 7. The average molecular weight is 506 g/mol. The number of ether oxygens (including phenoxy) is 3. The van der Waals surface area contributed by atoms with Crippen LogP contribution in [0.4, 0.5) is 13.6 Å². The van der Waals surface area contributed by atoms with Crippen molar-refractivity contribution in [3.05, 3.63) is 63.1 Å². The van der Waals surface area contributed by atoms with Crippen molar-refractivity contribution in [1.82, 2.24) is 20.1 Å². The summed E-state index contributed by atoms with van der Waals surface area (Å²) < 4.78 is 44.4. The van der Waals surface area contributed by atoms with E-state index in [2.05, 4.69) is 10.6 Å². The van der Waals surface area contributed by atoms with Gasteiger partial charge < -0.3 is 34.3 Å². The molecule has 0 aliphatic carbocycles. The zero-order chi connectivity index (χ0) is 26.0. The van der Waals surface area contributed by atoms with Crippen molar-refractivity contribution < 1.29 is 37.4 Å². The highest BCUT2D eigenvalue weighted by Gasteiger charge is 2.41. The van der Waals surface area contributed by atoms with Crippen molar-refractivity contribution in [3.63, 3.8) is 0 Å². The fourth-order valence-corrected chi connectivity index (χ4v) is 4.09. The molecule has 13 heteroatoms. The Morgan fingerprint density at radius 1 is 1.25 bits per heavy atom. The molecule has 2 unspecified atom stereocenters. The van der Waals surface area contributed by atoms with Crippen LogP contribution >= 0.6 is 0 Å². The first-order valence-electron chi connectivity index (χ1n) is 11.1. The molecule has 1 saturated heterocycles. The Bertz CT molecular complexity index is 1270. The molecule has 1 aromatic carbocycles. The fraction of sp³-hybridized carbons (Fsp3) is 0.391. The number of rotatable bonds is 6. The third-order valence-corrected chi connectivity index (χ3v) is 5.96. The SMILES string of the molecule is CNC(=O)OCOc1c2n(cc(C(=O)NCc3ccc(F)cc3F)c1=O)CC1OCCC(C)N1C2=O. The molecule has 2 aliphatic heterocycles. The van der Waals surface area contributed by atoms with Crippen LogP contribution in [0.25, 0.3) is 0 Å². The molecule has 0 spiro atoms. The van der Waals surface area contributed by atoms with E-state index >= 15 is 0 Å². The second-order valence-electron chi connectivity index (χ2n) is 8.24. The molecule has 0 saturated carbocycles. The summed E-state index contributed by atoms with van der Waals surface area (Å²) in [5, 5.41) is 4.63. The predicted octanol–water partition coefficient (Wildman–Crippen LogP) is 1.34. The molecule has 36 heavy (non-hydrogen) atoms. The summed E-state index contributed by atoms with van der Waals surface area (Å²) in [6, 6.07) is 2.73. The van der Waals surface area contributed by atoms with E-state index in [-0.39, 0.29) is 36.0 Å². The molecule has 0 bridgehead atoms. The number of amides is 3. The second-order valence-corrected chi connectivity index (χ2v) is 8.24. The lowest BCUT2D eigenvalue weighted by Crippen LogP contribution is -2.57. The van der Waals surface area contributed by atoms with Crippen LogP contribution in [-0.2, 0) is 22.6 Å². The maximum atomic E-state index is 14.0. The van der Waals surface area contributed by atoms with Crippen molar-refractivity contribution in [2.45, 2.75) is 38.7 Å². The molecular weight excluding hydrogens is 482 g/mol. The van der Waals surface area contributed by atoms with Gasteiger partial charge in [-0.3, -0.25) is 14.4 Å². The van der Waals surface area contributed by atoms with E-state index in [0.717, 1.165) is 6.07 Å². The Balaban J connectivity index is 1.68. The summed E-state index contributed by atoms with van der Waals surface area (Å²) >= 11 is 0.